The number of nitrogens with zero attached hydrogens (tertiary/aromatic N) is 5. The number of hydrogen-bond acceptors (Lipinski definition) is 2. The molecule has 0 bridgehead atoms. The first-order valence-electron chi connectivity index (χ1n) is 18.3. The molecule has 0 N–H and O–H groups in total. The topological polar surface area (TPSA) is 62.4 Å². The molecule has 0 aliphatic rings. The van der Waals surface area contributed by atoms with Crippen LogP contribution in [0.15, 0.2) is 176 Å². The normalized spacial score (nSPS) is 11.6. The van der Waals surface area contributed by atoms with E-state index in [1.54, 1.807) is 0 Å². The van der Waals surface area contributed by atoms with Crippen molar-refractivity contribution in [2.24, 2.45) is 0 Å². The molecular formula is C50H29N5. The van der Waals surface area contributed by atoms with Crippen molar-refractivity contribution in [3.05, 3.63) is 187 Å². The molecule has 11 aromatic rings. The van der Waals surface area contributed by atoms with Crippen molar-refractivity contribution in [1.82, 2.24) is 13.7 Å². The van der Waals surface area contributed by atoms with Crippen LogP contribution < -0.4 is 0 Å². The highest BCUT2D eigenvalue weighted by Gasteiger charge is 2.21. The maximum atomic E-state index is 10.6. The molecule has 5 heteroatoms. The summed E-state index contributed by atoms with van der Waals surface area (Å²) in [7, 11) is 0. The van der Waals surface area contributed by atoms with Crippen molar-refractivity contribution >= 4 is 65.4 Å². The van der Waals surface area contributed by atoms with Gasteiger partial charge in [0.1, 0.15) is 12.1 Å². The third kappa shape index (κ3) is 4.39. The summed E-state index contributed by atoms with van der Waals surface area (Å²) in [6.45, 7) is 0. The van der Waals surface area contributed by atoms with Gasteiger partial charge in [-0.05, 0) is 72.3 Å². The Morgan fingerprint density at radius 3 is 1.55 bits per heavy atom. The zero-order chi connectivity index (χ0) is 36.6. The molecule has 3 aromatic heterocycles. The molecule has 55 heavy (non-hydrogen) atoms. The first kappa shape index (κ1) is 30.7. The highest BCUT2D eigenvalue weighted by Crippen LogP contribution is 2.41. The van der Waals surface area contributed by atoms with Crippen molar-refractivity contribution in [3.63, 3.8) is 0 Å². The lowest BCUT2D eigenvalue weighted by Gasteiger charge is -2.17. The quantitative estimate of drug-likeness (QED) is 0.184. The number of aromatic nitrogens is 3. The van der Waals surface area contributed by atoms with Crippen LogP contribution in [0.3, 0.4) is 0 Å². The summed E-state index contributed by atoms with van der Waals surface area (Å²) < 4.78 is 6.80. The zero-order valence-corrected chi connectivity index (χ0v) is 29.5. The Labute approximate surface area is 316 Å². The lowest BCUT2D eigenvalue weighted by molar-refractivity contribution is 1.15. The minimum atomic E-state index is 0.582. The highest BCUT2D eigenvalue weighted by atomic mass is 15.0. The van der Waals surface area contributed by atoms with Crippen molar-refractivity contribution in [3.8, 4) is 40.3 Å². The first-order valence-corrected chi connectivity index (χ1v) is 18.3. The second-order valence-electron chi connectivity index (χ2n) is 14.0. The third-order valence-corrected chi connectivity index (χ3v) is 11.1. The second-order valence-corrected chi connectivity index (χ2v) is 14.0. The van der Waals surface area contributed by atoms with Crippen LogP contribution in [0.25, 0.3) is 93.6 Å². The highest BCUT2D eigenvalue weighted by molar-refractivity contribution is 6.13. The Hall–Kier alpha value is -7.86. The Kier molecular flexibility index (Phi) is 6.61. The minimum Gasteiger partial charge on any atom is -0.309 e. The van der Waals surface area contributed by atoms with Crippen LogP contribution in [0, 0.1) is 22.7 Å². The van der Waals surface area contributed by atoms with Crippen LogP contribution in [0.5, 0.6) is 0 Å². The number of rotatable bonds is 4. The molecule has 0 saturated carbocycles. The van der Waals surface area contributed by atoms with E-state index in [0.717, 1.165) is 82.8 Å². The lowest BCUT2D eigenvalue weighted by Crippen LogP contribution is -2.01. The predicted octanol–water partition coefficient (Wildman–Crippen LogP) is 12.4. The van der Waals surface area contributed by atoms with Gasteiger partial charge in [-0.15, -0.1) is 0 Å². The monoisotopic (exact) mass is 699 g/mol. The molecule has 11 rings (SSSR count). The SMILES string of the molecule is N#Cc1ccc(-c2ccccc2-n2c3ccccc3c3cccc(C#N)c32)cc1-n1c2ccccc2c2cc(-n3c4ccccc4c4ccccc43)ccc21. The van der Waals surface area contributed by atoms with E-state index in [0.29, 0.717) is 11.1 Å². The predicted molar refractivity (Wildman–Crippen MR) is 224 cm³/mol. The smallest absolute Gasteiger partial charge is 0.101 e. The van der Waals surface area contributed by atoms with Gasteiger partial charge in [0.05, 0.1) is 55.6 Å². The summed E-state index contributed by atoms with van der Waals surface area (Å²) in [5.41, 5.74) is 12.3. The van der Waals surface area contributed by atoms with Crippen molar-refractivity contribution < 1.29 is 0 Å². The van der Waals surface area contributed by atoms with Gasteiger partial charge in [-0.25, -0.2) is 0 Å². The van der Waals surface area contributed by atoms with E-state index < -0.39 is 0 Å². The van der Waals surface area contributed by atoms with Crippen molar-refractivity contribution in [2.75, 3.05) is 0 Å². The summed E-state index contributed by atoms with van der Waals surface area (Å²) in [5, 5.41) is 27.7. The molecule has 0 aliphatic carbocycles. The Bertz CT molecular complexity index is 3420. The molecule has 5 nitrogen and oxygen atoms in total. The van der Waals surface area contributed by atoms with Crippen LogP contribution in [0.2, 0.25) is 0 Å². The maximum absolute atomic E-state index is 10.6. The Balaban J connectivity index is 1.15. The Morgan fingerprint density at radius 2 is 0.873 bits per heavy atom. The van der Waals surface area contributed by atoms with Gasteiger partial charge >= 0.3 is 0 Å². The number of benzene rings is 8. The van der Waals surface area contributed by atoms with Gasteiger partial charge in [0.15, 0.2) is 0 Å². The summed E-state index contributed by atoms with van der Waals surface area (Å²) in [5.74, 6) is 0. The van der Waals surface area contributed by atoms with Crippen LogP contribution in [0.4, 0.5) is 0 Å². The average molecular weight is 700 g/mol. The van der Waals surface area contributed by atoms with Gasteiger partial charge in [-0.3, -0.25) is 0 Å². The lowest BCUT2D eigenvalue weighted by atomic mass is 10.00. The summed E-state index contributed by atoms with van der Waals surface area (Å²) in [4.78, 5) is 0. The molecule has 8 aromatic carbocycles. The zero-order valence-electron chi connectivity index (χ0n) is 29.5. The molecular weight excluding hydrogens is 671 g/mol. The van der Waals surface area contributed by atoms with E-state index in [2.05, 4.69) is 153 Å². The molecule has 0 aliphatic heterocycles. The van der Waals surface area contributed by atoms with E-state index in [9.17, 15) is 10.5 Å². The van der Waals surface area contributed by atoms with Crippen molar-refractivity contribution in [1.29, 1.82) is 10.5 Å². The third-order valence-electron chi connectivity index (χ3n) is 11.1. The van der Waals surface area contributed by atoms with E-state index in [-0.39, 0.29) is 0 Å². The molecule has 0 fully saturated rings. The number of nitriles is 2. The van der Waals surface area contributed by atoms with Gasteiger partial charge in [0.2, 0.25) is 0 Å². The molecule has 3 heterocycles. The molecule has 0 saturated heterocycles. The first-order chi connectivity index (χ1) is 27.2. The van der Waals surface area contributed by atoms with E-state index >= 15 is 0 Å². The standard InChI is InChI=1S/C50H29N5/c51-30-33-25-24-32(36-13-1-6-19-43(36)55-47-23-10-4-16-39(47)41-18-11-12-34(31-52)50(41)55)28-49(33)54-46-22-9-5-17-40(46)42-29-35(26-27-48(42)54)53-44-20-7-2-14-37(44)38-15-3-8-21-45(38)53/h1-29H. The fraction of sp³-hybridized carbons (Fsp3) is 0. The summed E-state index contributed by atoms with van der Waals surface area (Å²) in [6, 6.07) is 65.9. The fourth-order valence-corrected chi connectivity index (χ4v) is 8.81. The van der Waals surface area contributed by atoms with E-state index in [1.165, 1.54) is 10.8 Å². The largest absolute Gasteiger partial charge is 0.309 e. The van der Waals surface area contributed by atoms with Gasteiger partial charge in [0.25, 0.3) is 0 Å². The summed E-state index contributed by atoms with van der Waals surface area (Å²) in [6.07, 6.45) is 0. The fourth-order valence-electron chi connectivity index (χ4n) is 8.81. The minimum absolute atomic E-state index is 0.582. The van der Waals surface area contributed by atoms with Crippen molar-refractivity contribution in [2.45, 2.75) is 0 Å². The van der Waals surface area contributed by atoms with E-state index in [4.69, 9.17) is 0 Å². The molecule has 0 unspecified atom stereocenters. The molecule has 254 valence electrons. The molecule has 0 spiro atoms. The second kappa shape index (κ2) is 11.8. The molecule has 0 atom stereocenters. The maximum Gasteiger partial charge on any atom is 0.101 e. The summed E-state index contributed by atoms with van der Waals surface area (Å²) >= 11 is 0. The average Bonchev–Trinajstić information content (AvgIpc) is 3.89. The van der Waals surface area contributed by atoms with Crippen LogP contribution in [-0.2, 0) is 0 Å². The molecule has 0 amide bonds. The van der Waals surface area contributed by atoms with E-state index in [1.807, 2.05) is 48.5 Å². The van der Waals surface area contributed by atoms with Crippen LogP contribution in [0.1, 0.15) is 11.1 Å². The number of para-hydroxylation sites is 6. The van der Waals surface area contributed by atoms with Gasteiger partial charge in [0, 0.05) is 43.6 Å². The van der Waals surface area contributed by atoms with Gasteiger partial charge in [-0.2, -0.15) is 10.5 Å². The number of hydrogen-bond donors (Lipinski definition) is 0. The molecule has 0 radical (unpaired) electrons. The van der Waals surface area contributed by atoms with Gasteiger partial charge in [-0.1, -0.05) is 109 Å². The van der Waals surface area contributed by atoms with Crippen LogP contribution >= 0.6 is 0 Å². The Morgan fingerprint density at radius 1 is 0.345 bits per heavy atom. The van der Waals surface area contributed by atoms with Crippen LogP contribution in [-0.4, -0.2) is 13.7 Å². The van der Waals surface area contributed by atoms with Gasteiger partial charge < -0.3 is 13.7 Å². The number of fused-ring (bicyclic) bond motifs is 9.